The molecule has 2 aliphatic carbocycles. The Kier molecular flexibility index (Phi) is 2.94. The molecule has 96 valence electrons. The number of nitrogens with one attached hydrogen (secondary N) is 1. The van der Waals surface area contributed by atoms with Crippen LogP contribution in [0.15, 0.2) is 18.3 Å². The third-order valence-corrected chi connectivity index (χ3v) is 4.49. The summed E-state index contributed by atoms with van der Waals surface area (Å²) in [5, 5.41) is 3.01. The maximum atomic E-state index is 12.0. The fraction of sp³-hybridized carbons (Fsp3) is 0.571. The molecule has 4 heteroatoms. The van der Waals surface area contributed by atoms with E-state index in [1.165, 1.54) is 25.7 Å². The van der Waals surface area contributed by atoms with Crippen LogP contribution in [-0.4, -0.2) is 17.4 Å². The third-order valence-electron chi connectivity index (χ3n) is 4.49. The summed E-state index contributed by atoms with van der Waals surface area (Å²) < 4.78 is 0. The number of amides is 1. The number of nitrogen functional groups attached to an aromatic ring is 1. The average Bonchev–Trinajstić information content (AvgIpc) is 2.98. The lowest BCUT2D eigenvalue weighted by Crippen LogP contribution is -2.32. The first-order valence-electron chi connectivity index (χ1n) is 6.72. The molecular formula is C14H19N3O. The molecule has 0 aromatic carbocycles. The number of nitrogens with two attached hydrogens (primary N) is 1. The Bertz CT molecular complexity index is 460. The van der Waals surface area contributed by atoms with Crippen molar-refractivity contribution in [1.29, 1.82) is 0 Å². The maximum Gasteiger partial charge on any atom is 0.255 e. The molecule has 1 heterocycles. The van der Waals surface area contributed by atoms with Crippen LogP contribution in [0, 0.1) is 17.8 Å². The summed E-state index contributed by atoms with van der Waals surface area (Å²) in [5.74, 6) is 2.64. The van der Waals surface area contributed by atoms with Crippen LogP contribution in [0.4, 0.5) is 5.82 Å². The largest absolute Gasteiger partial charge is 0.383 e. The lowest BCUT2D eigenvalue weighted by atomic mass is 9.89. The van der Waals surface area contributed by atoms with Crippen molar-refractivity contribution < 1.29 is 4.79 Å². The minimum atomic E-state index is -0.0941. The molecule has 3 N–H and O–H groups in total. The molecule has 1 aromatic heterocycles. The highest BCUT2D eigenvalue weighted by molar-refractivity contribution is 5.98. The van der Waals surface area contributed by atoms with Gasteiger partial charge in [-0.05, 0) is 49.1 Å². The van der Waals surface area contributed by atoms with E-state index >= 15 is 0 Å². The summed E-state index contributed by atoms with van der Waals surface area (Å²) in [7, 11) is 0. The van der Waals surface area contributed by atoms with E-state index in [9.17, 15) is 4.79 Å². The first-order chi connectivity index (χ1) is 8.74. The highest BCUT2D eigenvalue weighted by Crippen LogP contribution is 2.47. The molecular weight excluding hydrogens is 226 g/mol. The van der Waals surface area contributed by atoms with Crippen LogP contribution in [0.5, 0.6) is 0 Å². The number of carbonyl (C=O) groups is 1. The molecule has 4 nitrogen and oxygen atoms in total. The minimum Gasteiger partial charge on any atom is -0.383 e. The molecule has 2 saturated carbocycles. The Hall–Kier alpha value is -1.58. The number of aromatic nitrogens is 1. The highest BCUT2D eigenvalue weighted by Gasteiger charge is 2.39. The third kappa shape index (κ3) is 2.07. The Morgan fingerprint density at radius 1 is 1.44 bits per heavy atom. The molecule has 2 aliphatic rings. The molecule has 3 rings (SSSR count). The Balaban J connectivity index is 1.57. The van der Waals surface area contributed by atoms with E-state index in [0.717, 1.165) is 18.4 Å². The van der Waals surface area contributed by atoms with Crippen molar-refractivity contribution in [3.63, 3.8) is 0 Å². The van der Waals surface area contributed by atoms with Gasteiger partial charge in [-0.1, -0.05) is 6.42 Å². The Labute approximate surface area is 107 Å². The van der Waals surface area contributed by atoms with Crippen molar-refractivity contribution in [2.45, 2.75) is 25.7 Å². The van der Waals surface area contributed by atoms with Crippen LogP contribution in [0.2, 0.25) is 0 Å². The predicted octanol–water partition coefficient (Wildman–Crippen LogP) is 1.83. The van der Waals surface area contributed by atoms with Gasteiger partial charge in [0, 0.05) is 12.7 Å². The van der Waals surface area contributed by atoms with Crippen molar-refractivity contribution in [3.05, 3.63) is 23.9 Å². The molecule has 1 amide bonds. The van der Waals surface area contributed by atoms with Gasteiger partial charge in [-0.15, -0.1) is 0 Å². The van der Waals surface area contributed by atoms with Crippen LogP contribution < -0.4 is 11.1 Å². The SMILES string of the molecule is Nc1ncccc1C(=O)NCC1CC2CCC1C2. The van der Waals surface area contributed by atoms with Crippen molar-refractivity contribution in [2.24, 2.45) is 17.8 Å². The van der Waals surface area contributed by atoms with E-state index in [1.807, 2.05) is 0 Å². The topological polar surface area (TPSA) is 68.0 Å². The average molecular weight is 245 g/mol. The molecule has 0 spiro atoms. The van der Waals surface area contributed by atoms with Gasteiger partial charge in [0.05, 0.1) is 5.56 Å². The fourth-order valence-corrected chi connectivity index (χ4v) is 3.56. The van der Waals surface area contributed by atoms with Gasteiger partial charge in [-0.3, -0.25) is 4.79 Å². The van der Waals surface area contributed by atoms with Crippen molar-refractivity contribution >= 4 is 11.7 Å². The summed E-state index contributed by atoms with van der Waals surface area (Å²) >= 11 is 0. The maximum absolute atomic E-state index is 12.0. The number of anilines is 1. The summed E-state index contributed by atoms with van der Waals surface area (Å²) in [4.78, 5) is 15.9. The van der Waals surface area contributed by atoms with Crippen LogP contribution in [0.25, 0.3) is 0 Å². The van der Waals surface area contributed by atoms with Gasteiger partial charge in [0.15, 0.2) is 0 Å². The zero-order valence-electron chi connectivity index (χ0n) is 10.4. The smallest absolute Gasteiger partial charge is 0.255 e. The predicted molar refractivity (Wildman–Crippen MR) is 69.9 cm³/mol. The molecule has 3 unspecified atom stereocenters. The number of hydrogen-bond donors (Lipinski definition) is 2. The number of pyridine rings is 1. The first-order valence-corrected chi connectivity index (χ1v) is 6.72. The van der Waals surface area contributed by atoms with Gasteiger partial charge in [-0.25, -0.2) is 4.98 Å². The summed E-state index contributed by atoms with van der Waals surface area (Å²) in [6.45, 7) is 0.786. The van der Waals surface area contributed by atoms with E-state index in [1.54, 1.807) is 18.3 Å². The molecule has 2 bridgehead atoms. The monoisotopic (exact) mass is 245 g/mol. The van der Waals surface area contributed by atoms with Crippen molar-refractivity contribution in [3.8, 4) is 0 Å². The van der Waals surface area contributed by atoms with Crippen molar-refractivity contribution in [1.82, 2.24) is 10.3 Å². The van der Waals surface area contributed by atoms with Gasteiger partial charge in [-0.2, -0.15) is 0 Å². The van der Waals surface area contributed by atoms with Crippen LogP contribution >= 0.6 is 0 Å². The number of rotatable bonds is 3. The molecule has 0 saturated heterocycles. The van der Waals surface area contributed by atoms with Crippen LogP contribution in [0.3, 0.4) is 0 Å². The lowest BCUT2D eigenvalue weighted by molar-refractivity contribution is 0.0942. The summed E-state index contributed by atoms with van der Waals surface area (Å²) in [6.07, 6.45) is 7.00. The Morgan fingerprint density at radius 3 is 3.00 bits per heavy atom. The van der Waals surface area contributed by atoms with E-state index in [-0.39, 0.29) is 5.91 Å². The molecule has 18 heavy (non-hydrogen) atoms. The van der Waals surface area contributed by atoms with Gasteiger partial charge >= 0.3 is 0 Å². The van der Waals surface area contributed by atoms with Gasteiger partial charge in [0.1, 0.15) is 5.82 Å². The van der Waals surface area contributed by atoms with Gasteiger partial charge < -0.3 is 11.1 Å². The zero-order valence-corrected chi connectivity index (χ0v) is 10.4. The number of hydrogen-bond acceptors (Lipinski definition) is 3. The van der Waals surface area contributed by atoms with Gasteiger partial charge in [0.25, 0.3) is 5.91 Å². The summed E-state index contributed by atoms with van der Waals surface area (Å²) in [5.41, 5.74) is 6.18. The Morgan fingerprint density at radius 2 is 2.33 bits per heavy atom. The van der Waals surface area contributed by atoms with Gasteiger partial charge in [0.2, 0.25) is 0 Å². The second kappa shape index (κ2) is 4.59. The van der Waals surface area contributed by atoms with Crippen LogP contribution in [-0.2, 0) is 0 Å². The van der Waals surface area contributed by atoms with E-state index in [0.29, 0.717) is 17.3 Å². The highest BCUT2D eigenvalue weighted by atomic mass is 16.1. The second-order valence-electron chi connectivity index (χ2n) is 5.58. The molecule has 0 aliphatic heterocycles. The zero-order chi connectivity index (χ0) is 12.5. The molecule has 0 radical (unpaired) electrons. The fourth-order valence-electron chi connectivity index (χ4n) is 3.56. The molecule has 1 aromatic rings. The standard InChI is InChI=1S/C14H19N3O/c15-13-12(2-1-5-16-13)14(18)17-8-11-7-9-3-4-10(11)6-9/h1-2,5,9-11H,3-4,6-8H2,(H2,15,16)(H,17,18). The van der Waals surface area contributed by atoms with E-state index in [2.05, 4.69) is 10.3 Å². The number of carbonyl (C=O) groups excluding carboxylic acids is 1. The minimum absolute atomic E-state index is 0.0941. The quantitative estimate of drug-likeness (QED) is 0.853. The molecule has 3 atom stereocenters. The van der Waals surface area contributed by atoms with Crippen LogP contribution in [0.1, 0.15) is 36.0 Å². The lowest BCUT2D eigenvalue weighted by Gasteiger charge is -2.21. The number of nitrogens with zero attached hydrogens (tertiary/aromatic N) is 1. The molecule has 2 fully saturated rings. The second-order valence-corrected chi connectivity index (χ2v) is 5.58. The first kappa shape index (κ1) is 11.5. The van der Waals surface area contributed by atoms with E-state index in [4.69, 9.17) is 5.73 Å². The van der Waals surface area contributed by atoms with E-state index < -0.39 is 0 Å². The normalized spacial score (nSPS) is 29.4. The van der Waals surface area contributed by atoms with Crippen molar-refractivity contribution in [2.75, 3.05) is 12.3 Å². The number of fused-ring (bicyclic) bond motifs is 2. The summed E-state index contributed by atoms with van der Waals surface area (Å²) in [6, 6.07) is 3.46.